The van der Waals surface area contributed by atoms with Crippen molar-refractivity contribution in [3.63, 3.8) is 0 Å². The highest BCUT2D eigenvalue weighted by Gasteiger charge is 2.47. The third kappa shape index (κ3) is 6.89. The molecule has 0 aliphatic heterocycles. The summed E-state index contributed by atoms with van der Waals surface area (Å²) >= 11 is 3.73. The van der Waals surface area contributed by atoms with Crippen LogP contribution in [0.15, 0.2) is 231 Å². The van der Waals surface area contributed by atoms with E-state index in [0.717, 1.165) is 22.7 Å². The van der Waals surface area contributed by atoms with Gasteiger partial charge in [0.25, 0.3) is 0 Å². The first-order valence-corrected chi connectivity index (χ1v) is 26.9. The summed E-state index contributed by atoms with van der Waals surface area (Å²) in [6.07, 6.45) is 0. The molecule has 11 aromatic carbocycles. The van der Waals surface area contributed by atoms with Gasteiger partial charge in [-0.25, -0.2) is 0 Å². The monoisotopic (exact) mass is 970 g/mol. The summed E-state index contributed by atoms with van der Waals surface area (Å²) in [5, 5.41) is 7.61. The number of thiophene rings is 2. The molecular formula is C69H50N2S2. The maximum Gasteiger partial charge on any atom is 0.0714 e. The van der Waals surface area contributed by atoms with Crippen LogP contribution in [0.3, 0.4) is 0 Å². The minimum Gasteiger partial charge on any atom is -0.310 e. The molecule has 2 nitrogen and oxygen atoms in total. The van der Waals surface area contributed by atoms with Crippen LogP contribution in [-0.4, -0.2) is 0 Å². The standard InChI is InChI=1S/C69H50N2S2/c1-43-23-32-63(45(3)35-43)70(54-28-31-58-56-19-11-13-21-65(56)73-68(58)42-54)51-26-25-47-38-59-55-30-27-53(41-62(55)69(49-15-7-5-8-16-49,50-17-9-6-10-18-50)61(59)39-48(47)37-51)71(64-33-24-44(2)36-46(64)4)52-29-34-67-60(40-52)57-20-12-14-22-66(57)72-67/h5-42H,1-4H3. The van der Waals surface area contributed by atoms with Crippen LogP contribution in [0.1, 0.15) is 44.5 Å². The van der Waals surface area contributed by atoms with Crippen molar-refractivity contribution >= 4 is 108 Å². The lowest BCUT2D eigenvalue weighted by atomic mass is 9.67. The number of benzene rings is 11. The molecular weight excluding hydrogens is 921 g/mol. The van der Waals surface area contributed by atoms with Gasteiger partial charge in [0.1, 0.15) is 0 Å². The van der Waals surface area contributed by atoms with Crippen molar-refractivity contribution in [1.29, 1.82) is 0 Å². The molecule has 1 aliphatic rings. The summed E-state index contributed by atoms with van der Waals surface area (Å²) in [6.45, 7) is 8.86. The number of rotatable bonds is 8. The number of hydrogen-bond acceptors (Lipinski definition) is 4. The lowest BCUT2D eigenvalue weighted by Gasteiger charge is -2.35. The summed E-state index contributed by atoms with van der Waals surface area (Å²) in [6, 6.07) is 87.1. The molecule has 0 N–H and O–H groups in total. The van der Waals surface area contributed by atoms with Crippen molar-refractivity contribution in [1.82, 2.24) is 0 Å². The Bertz CT molecular complexity index is 4290. The minimum absolute atomic E-state index is 0.631. The average Bonchev–Trinajstić information content (AvgIpc) is 4.07. The Balaban J connectivity index is 0.997. The van der Waals surface area contributed by atoms with Crippen molar-refractivity contribution in [3.8, 4) is 11.1 Å². The smallest absolute Gasteiger partial charge is 0.0714 e. The van der Waals surface area contributed by atoms with Gasteiger partial charge < -0.3 is 9.80 Å². The quantitative estimate of drug-likeness (QED) is 0.150. The van der Waals surface area contributed by atoms with Gasteiger partial charge in [0.15, 0.2) is 0 Å². The van der Waals surface area contributed by atoms with Gasteiger partial charge in [0, 0.05) is 74.5 Å². The van der Waals surface area contributed by atoms with Gasteiger partial charge in [-0.05, 0) is 174 Å². The third-order valence-electron chi connectivity index (χ3n) is 15.4. The zero-order valence-corrected chi connectivity index (χ0v) is 42.8. The van der Waals surface area contributed by atoms with Gasteiger partial charge in [-0.2, -0.15) is 0 Å². The second-order valence-electron chi connectivity index (χ2n) is 19.9. The zero-order chi connectivity index (χ0) is 49.0. The van der Waals surface area contributed by atoms with Crippen molar-refractivity contribution in [2.24, 2.45) is 0 Å². The third-order valence-corrected chi connectivity index (χ3v) is 17.7. The van der Waals surface area contributed by atoms with Crippen LogP contribution in [0.4, 0.5) is 34.1 Å². The fraction of sp³-hybridized carbons (Fsp3) is 0.0725. The largest absolute Gasteiger partial charge is 0.310 e. The number of hydrogen-bond donors (Lipinski definition) is 0. The first-order chi connectivity index (χ1) is 35.8. The average molecular weight is 971 g/mol. The maximum atomic E-state index is 2.51. The fourth-order valence-corrected chi connectivity index (χ4v) is 14.4. The van der Waals surface area contributed by atoms with Gasteiger partial charge in [-0.15, -0.1) is 22.7 Å². The highest BCUT2D eigenvalue weighted by molar-refractivity contribution is 7.26. The van der Waals surface area contributed by atoms with Crippen molar-refractivity contribution < 1.29 is 0 Å². The molecule has 0 amide bonds. The lowest BCUT2D eigenvalue weighted by molar-refractivity contribution is 0.769. The Morgan fingerprint density at radius 2 is 0.808 bits per heavy atom. The number of nitrogens with zero attached hydrogens (tertiary/aromatic N) is 2. The number of fused-ring (bicyclic) bond motifs is 10. The highest BCUT2D eigenvalue weighted by atomic mass is 32.1. The molecule has 0 radical (unpaired) electrons. The summed E-state index contributed by atoms with van der Waals surface area (Å²) in [7, 11) is 0. The SMILES string of the molecule is Cc1ccc(N(c2ccc3cc4c(cc3c2)C(c2ccccc2)(c2ccccc2)c2cc(N(c3ccc5sc6ccccc6c5c3)c3ccc(C)cc3C)ccc2-4)c2ccc3c(c2)sc2ccccc23)c(C)c1. The molecule has 13 aromatic rings. The highest BCUT2D eigenvalue weighted by Crippen LogP contribution is 2.58. The molecule has 14 rings (SSSR count). The molecule has 0 unspecified atom stereocenters. The molecule has 0 atom stereocenters. The van der Waals surface area contributed by atoms with Crippen LogP contribution >= 0.6 is 22.7 Å². The Morgan fingerprint density at radius 3 is 1.47 bits per heavy atom. The van der Waals surface area contributed by atoms with E-state index < -0.39 is 5.41 Å². The van der Waals surface area contributed by atoms with Crippen LogP contribution in [-0.2, 0) is 5.41 Å². The zero-order valence-electron chi connectivity index (χ0n) is 41.2. The van der Waals surface area contributed by atoms with Gasteiger partial charge in [0.2, 0.25) is 0 Å². The van der Waals surface area contributed by atoms with E-state index >= 15 is 0 Å². The second kappa shape index (κ2) is 16.9. The van der Waals surface area contributed by atoms with Crippen LogP contribution in [0.2, 0.25) is 0 Å². The van der Waals surface area contributed by atoms with Gasteiger partial charge >= 0.3 is 0 Å². The van der Waals surface area contributed by atoms with Crippen LogP contribution in [0, 0.1) is 27.7 Å². The molecule has 0 saturated carbocycles. The predicted octanol–water partition coefficient (Wildman–Crippen LogP) is 20.1. The summed E-state index contributed by atoms with van der Waals surface area (Å²) in [5.74, 6) is 0. The Labute approximate surface area is 434 Å². The molecule has 73 heavy (non-hydrogen) atoms. The van der Waals surface area contributed by atoms with E-state index in [9.17, 15) is 0 Å². The molecule has 0 spiro atoms. The Hall–Kier alpha value is -8.28. The van der Waals surface area contributed by atoms with Gasteiger partial charge in [0.05, 0.1) is 5.41 Å². The Morgan fingerprint density at radius 1 is 0.315 bits per heavy atom. The normalized spacial score (nSPS) is 12.8. The summed E-state index contributed by atoms with van der Waals surface area (Å²) in [4.78, 5) is 4.96. The van der Waals surface area contributed by atoms with Gasteiger partial charge in [-0.3, -0.25) is 0 Å². The first-order valence-electron chi connectivity index (χ1n) is 25.2. The number of aryl methyl sites for hydroxylation is 4. The van der Waals surface area contributed by atoms with E-state index in [1.165, 1.54) is 118 Å². The maximum absolute atomic E-state index is 2.51. The van der Waals surface area contributed by atoms with Crippen LogP contribution in [0.5, 0.6) is 0 Å². The molecule has 0 bridgehead atoms. The molecule has 4 heteroatoms. The summed E-state index contributed by atoms with van der Waals surface area (Å²) in [5.41, 5.74) is 18.8. The predicted molar refractivity (Wildman–Crippen MR) is 315 cm³/mol. The van der Waals surface area contributed by atoms with Crippen LogP contribution in [0.25, 0.3) is 62.2 Å². The Kier molecular flexibility index (Phi) is 10.1. The van der Waals surface area contributed by atoms with E-state index in [-0.39, 0.29) is 0 Å². The molecule has 2 heterocycles. The van der Waals surface area contributed by atoms with E-state index in [0.29, 0.717) is 0 Å². The number of anilines is 6. The summed E-state index contributed by atoms with van der Waals surface area (Å²) < 4.78 is 5.21. The molecule has 2 aromatic heterocycles. The fourth-order valence-electron chi connectivity index (χ4n) is 12.2. The topological polar surface area (TPSA) is 6.48 Å². The van der Waals surface area contributed by atoms with Crippen molar-refractivity contribution in [2.75, 3.05) is 9.80 Å². The van der Waals surface area contributed by atoms with E-state index in [1.807, 2.05) is 22.7 Å². The van der Waals surface area contributed by atoms with Crippen molar-refractivity contribution in [2.45, 2.75) is 33.1 Å². The van der Waals surface area contributed by atoms with E-state index in [2.05, 4.69) is 268 Å². The first kappa shape index (κ1) is 43.5. The van der Waals surface area contributed by atoms with Crippen molar-refractivity contribution in [3.05, 3.63) is 275 Å². The second-order valence-corrected chi connectivity index (χ2v) is 22.1. The van der Waals surface area contributed by atoms with Crippen LogP contribution < -0.4 is 9.80 Å². The molecule has 0 fully saturated rings. The minimum atomic E-state index is -0.631. The van der Waals surface area contributed by atoms with E-state index in [4.69, 9.17) is 0 Å². The molecule has 1 aliphatic carbocycles. The molecule has 0 saturated heterocycles. The molecule has 348 valence electrons. The lowest BCUT2D eigenvalue weighted by Crippen LogP contribution is -2.28. The van der Waals surface area contributed by atoms with Gasteiger partial charge in [-0.1, -0.05) is 151 Å². The van der Waals surface area contributed by atoms with E-state index in [1.54, 1.807) is 0 Å².